The minimum absolute atomic E-state index is 0.0449. The van der Waals surface area contributed by atoms with Crippen LogP contribution in [0.5, 0.6) is 17.2 Å². The standard InChI is InChI=1S/C23H19FO7S/c1-28-21(26)10-17(13-2-7-19-20(8-13)30-12-29-19)23-22(27)18(25)9-15(31-23)11-32-16-5-3-14(24)4-6-16/h2-9,17,27H,10-12H2,1H3/t17-/m1/s1. The van der Waals surface area contributed by atoms with E-state index >= 15 is 0 Å². The van der Waals surface area contributed by atoms with Gasteiger partial charge in [-0.3, -0.25) is 9.59 Å². The van der Waals surface area contributed by atoms with E-state index in [0.29, 0.717) is 22.8 Å². The first-order valence-corrected chi connectivity index (χ1v) is 10.6. The maximum atomic E-state index is 13.1. The van der Waals surface area contributed by atoms with E-state index in [9.17, 15) is 19.1 Å². The summed E-state index contributed by atoms with van der Waals surface area (Å²) >= 11 is 1.34. The molecule has 1 N–H and O–H groups in total. The van der Waals surface area contributed by atoms with Crippen LogP contribution in [0.25, 0.3) is 0 Å². The zero-order valence-corrected chi connectivity index (χ0v) is 17.8. The highest BCUT2D eigenvalue weighted by molar-refractivity contribution is 7.98. The van der Waals surface area contributed by atoms with E-state index in [0.717, 1.165) is 4.90 Å². The number of ether oxygens (including phenoxy) is 3. The Kier molecular flexibility index (Phi) is 6.36. The van der Waals surface area contributed by atoms with Gasteiger partial charge < -0.3 is 23.7 Å². The highest BCUT2D eigenvalue weighted by atomic mass is 32.2. The Morgan fingerprint density at radius 3 is 2.66 bits per heavy atom. The zero-order chi connectivity index (χ0) is 22.7. The summed E-state index contributed by atoms with van der Waals surface area (Å²) in [5.41, 5.74) is -0.0435. The number of hydrogen-bond acceptors (Lipinski definition) is 8. The predicted octanol–water partition coefficient (Wildman–Crippen LogP) is 4.20. The first-order valence-electron chi connectivity index (χ1n) is 9.65. The number of carbonyl (C=O) groups is 1. The fourth-order valence-corrected chi connectivity index (χ4v) is 4.07. The normalized spacial score (nSPS) is 13.1. The zero-order valence-electron chi connectivity index (χ0n) is 17.0. The van der Waals surface area contributed by atoms with Gasteiger partial charge >= 0.3 is 5.97 Å². The van der Waals surface area contributed by atoms with Crippen molar-refractivity contribution >= 4 is 17.7 Å². The fraction of sp³-hybridized carbons (Fsp3) is 0.217. The molecule has 3 aromatic rings. The van der Waals surface area contributed by atoms with E-state index in [-0.39, 0.29) is 30.5 Å². The van der Waals surface area contributed by atoms with Gasteiger partial charge in [-0.2, -0.15) is 0 Å². The lowest BCUT2D eigenvalue weighted by atomic mass is 9.92. The quantitative estimate of drug-likeness (QED) is 0.416. The Hall–Kier alpha value is -3.46. The van der Waals surface area contributed by atoms with E-state index in [2.05, 4.69) is 0 Å². The molecule has 1 atom stereocenters. The highest BCUT2D eigenvalue weighted by Gasteiger charge is 2.28. The summed E-state index contributed by atoms with van der Waals surface area (Å²) in [6.07, 6.45) is -0.165. The maximum absolute atomic E-state index is 13.1. The molecule has 0 saturated carbocycles. The summed E-state index contributed by atoms with van der Waals surface area (Å²) in [6, 6.07) is 12.2. The molecule has 9 heteroatoms. The molecule has 0 amide bonds. The molecule has 0 radical (unpaired) electrons. The second kappa shape index (κ2) is 9.35. The van der Waals surface area contributed by atoms with E-state index in [1.807, 2.05) is 0 Å². The molecular weight excluding hydrogens is 439 g/mol. The number of methoxy groups -OCH3 is 1. The highest BCUT2D eigenvalue weighted by Crippen LogP contribution is 2.39. The van der Waals surface area contributed by atoms with Crippen LogP contribution in [0.1, 0.15) is 29.4 Å². The van der Waals surface area contributed by atoms with Gasteiger partial charge in [0.25, 0.3) is 0 Å². The number of rotatable bonds is 7. The van der Waals surface area contributed by atoms with Gasteiger partial charge in [-0.25, -0.2) is 4.39 Å². The van der Waals surface area contributed by atoms with Crippen LogP contribution in [0.15, 0.2) is 62.6 Å². The first kappa shape index (κ1) is 21.8. The molecule has 0 saturated heterocycles. The monoisotopic (exact) mass is 458 g/mol. The second-order valence-electron chi connectivity index (χ2n) is 6.98. The predicted molar refractivity (Wildman–Crippen MR) is 114 cm³/mol. The van der Waals surface area contributed by atoms with Crippen LogP contribution >= 0.6 is 11.8 Å². The lowest BCUT2D eigenvalue weighted by Crippen LogP contribution is -2.14. The first-order chi connectivity index (χ1) is 15.4. The molecule has 1 aliphatic heterocycles. The van der Waals surface area contributed by atoms with Crippen molar-refractivity contribution in [1.82, 2.24) is 0 Å². The Balaban J connectivity index is 1.68. The number of aromatic hydroxyl groups is 1. The molecule has 1 aliphatic rings. The van der Waals surface area contributed by atoms with Crippen molar-refractivity contribution in [2.24, 2.45) is 0 Å². The van der Waals surface area contributed by atoms with Gasteiger partial charge in [0, 0.05) is 11.0 Å². The van der Waals surface area contributed by atoms with Crippen molar-refractivity contribution in [3.63, 3.8) is 0 Å². The Labute approximate surface area is 186 Å². The molecule has 166 valence electrons. The number of fused-ring (bicyclic) bond motifs is 1. The summed E-state index contributed by atoms with van der Waals surface area (Å²) in [5.74, 6) is -0.692. The molecule has 0 spiro atoms. The van der Waals surface area contributed by atoms with Crippen LogP contribution in [0.4, 0.5) is 4.39 Å². The summed E-state index contributed by atoms with van der Waals surface area (Å²) < 4.78 is 34.5. The van der Waals surface area contributed by atoms with Crippen molar-refractivity contribution in [1.29, 1.82) is 0 Å². The van der Waals surface area contributed by atoms with Crippen molar-refractivity contribution in [3.8, 4) is 17.2 Å². The largest absolute Gasteiger partial charge is 0.502 e. The van der Waals surface area contributed by atoms with E-state index in [1.54, 1.807) is 30.3 Å². The number of esters is 1. The number of thioether (sulfide) groups is 1. The van der Waals surface area contributed by atoms with Crippen LogP contribution in [0, 0.1) is 5.82 Å². The smallest absolute Gasteiger partial charge is 0.306 e. The topological polar surface area (TPSA) is 95.2 Å². The number of carbonyl (C=O) groups excluding carboxylic acids is 1. The van der Waals surface area contributed by atoms with Crippen LogP contribution < -0.4 is 14.9 Å². The molecular formula is C23H19FO7S. The van der Waals surface area contributed by atoms with Gasteiger partial charge in [0.1, 0.15) is 11.6 Å². The summed E-state index contributed by atoms with van der Waals surface area (Å²) in [6.45, 7) is 0.0802. The number of halogens is 1. The average Bonchev–Trinajstić information content (AvgIpc) is 3.27. The van der Waals surface area contributed by atoms with Gasteiger partial charge in [-0.15, -0.1) is 11.8 Å². The Morgan fingerprint density at radius 1 is 1.16 bits per heavy atom. The molecule has 2 heterocycles. The molecule has 7 nitrogen and oxygen atoms in total. The third kappa shape index (κ3) is 4.72. The molecule has 1 aromatic heterocycles. The molecule has 0 unspecified atom stereocenters. The SMILES string of the molecule is COC(=O)C[C@H](c1ccc2c(c1)OCO2)c1oc(CSc2ccc(F)cc2)cc(=O)c1O. The lowest BCUT2D eigenvalue weighted by Gasteiger charge is -2.18. The molecule has 32 heavy (non-hydrogen) atoms. The van der Waals surface area contributed by atoms with E-state index < -0.39 is 23.1 Å². The number of hydrogen-bond donors (Lipinski definition) is 1. The third-order valence-electron chi connectivity index (χ3n) is 4.91. The van der Waals surface area contributed by atoms with Crippen LogP contribution in [-0.4, -0.2) is 25.0 Å². The van der Waals surface area contributed by atoms with Gasteiger partial charge in [0.2, 0.25) is 18.0 Å². The molecule has 0 aliphatic carbocycles. The number of benzene rings is 2. The van der Waals surface area contributed by atoms with Crippen molar-refractivity contribution in [3.05, 3.63) is 81.7 Å². The van der Waals surface area contributed by atoms with Gasteiger partial charge in [-0.05, 0) is 42.0 Å². The van der Waals surface area contributed by atoms with Gasteiger partial charge in [0.15, 0.2) is 17.3 Å². The molecule has 0 fully saturated rings. The van der Waals surface area contributed by atoms with E-state index in [4.69, 9.17) is 18.6 Å². The summed E-state index contributed by atoms with van der Waals surface area (Å²) in [5, 5.41) is 10.5. The fourth-order valence-electron chi connectivity index (χ4n) is 3.29. The van der Waals surface area contributed by atoms with Crippen molar-refractivity contribution < 1.29 is 32.9 Å². The van der Waals surface area contributed by atoms with Crippen LogP contribution in [0.3, 0.4) is 0 Å². The molecule has 0 bridgehead atoms. The lowest BCUT2D eigenvalue weighted by molar-refractivity contribution is -0.140. The van der Waals surface area contributed by atoms with Crippen LogP contribution in [0.2, 0.25) is 0 Å². The van der Waals surface area contributed by atoms with Gasteiger partial charge in [-0.1, -0.05) is 6.07 Å². The molecule has 2 aromatic carbocycles. The maximum Gasteiger partial charge on any atom is 0.306 e. The minimum Gasteiger partial charge on any atom is -0.502 e. The van der Waals surface area contributed by atoms with Crippen molar-refractivity contribution in [2.45, 2.75) is 23.0 Å². The second-order valence-corrected chi connectivity index (χ2v) is 8.03. The Bertz CT molecular complexity index is 1190. The molecule has 4 rings (SSSR count). The van der Waals surface area contributed by atoms with Crippen LogP contribution in [-0.2, 0) is 15.3 Å². The third-order valence-corrected chi connectivity index (χ3v) is 5.94. The summed E-state index contributed by atoms with van der Waals surface area (Å²) in [7, 11) is 1.25. The minimum atomic E-state index is -0.791. The van der Waals surface area contributed by atoms with E-state index in [1.165, 1.54) is 37.1 Å². The van der Waals surface area contributed by atoms with Crippen molar-refractivity contribution in [2.75, 3.05) is 13.9 Å². The summed E-state index contributed by atoms with van der Waals surface area (Å²) in [4.78, 5) is 25.4. The Morgan fingerprint density at radius 2 is 1.91 bits per heavy atom. The average molecular weight is 458 g/mol. The van der Waals surface area contributed by atoms with Gasteiger partial charge in [0.05, 0.1) is 25.2 Å².